The lowest BCUT2D eigenvalue weighted by Crippen LogP contribution is -2.15. The number of hydrogen-bond acceptors (Lipinski definition) is 2. The highest BCUT2D eigenvalue weighted by Gasteiger charge is 2.28. The van der Waals surface area contributed by atoms with E-state index in [1.54, 1.807) is 4.68 Å². The Kier molecular flexibility index (Phi) is 3.40. The zero-order chi connectivity index (χ0) is 14.2. The van der Waals surface area contributed by atoms with Gasteiger partial charge in [-0.25, -0.2) is 4.68 Å². The maximum atomic E-state index is 10.5. The maximum Gasteiger partial charge on any atom is 0.218 e. The number of hydrogen-bond donors (Lipinski definition) is 1. The van der Waals surface area contributed by atoms with Gasteiger partial charge in [0.1, 0.15) is 0 Å². The third-order valence-corrected chi connectivity index (χ3v) is 3.19. The topological polar surface area (TPSA) is 38.0 Å². The van der Waals surface area contributed by atoms with Gasteiger partial charge in [-0.2, -0.15) is 5.10 Å². The summed E-state index contributed by atoms with van der Waals surface area (Å²) in [5, 5.41) is 15.1. The van der Waals surface area contributed by atoms with Gasteiger partial charge >= 0.3 is 0 Å². The Morgan fingerprint density at radius 1 is 1.11 bits per heavy atom. The van der Waals surface area contributed by atoms with Gasteiger partial charge in [-0.05, 0) is 18.1 Å². The van der Waals surface area contributed by atoms with E-state index in [2.05, 4.69) is 39.7 Å². The SMILES string of the molecule is CC(C)c1c(C(C)(C)C)nn(-c2ccccc2)c1O. The highest BCUT2D eigenvalue weighted by Crippen LogP contribution is 2.37. The lowest BCUT2D eigenvalue weighted by atomic mass is 9.86. The standard InChI is InChI=1S/C16H22N2O/c1-11(2)13-14(16(3,4)5)17-18(15(13)19)12-9-7-6-8-10-12/h6-11,19H,1-5H3. The summed E-state index contributed by atoms with van der Waals surface area (Å²) in [7, 11) is 0. The molecule has 0 aliphatic carbocycles. The van der Waals surface area contributed by atoms with E-state index in [9.17, 15) is 5.11 Å². The Hall–Kier alpha value is -1.77. The van der Waals surface area contributed by atoms with Gasteiger partial charge in [0.05, 0.1) is 11.4 Å². The summed E-state index contributed by atoms with van der Waals surface area (Å²) in [6, 6.07) is 9.75. The molecule has 19 heavy (non-hydrogen) atoms. The lowest BCUT2D eigenvalue weighted by Gasteiger charge is -2.18. The maximum absolute atomic E-state index is 10.5. The molecule has 0 unspecified atom stereocenters. The summed E-state index contributed by atoms with van der Waals surface area (Å²) in [6.45, 7) is 10.5. The summed E-state index contributed by atoms with van der Waals surface area (Å²) < 4.78 is 1.63. The van der Waals surface area contributed by atoms with Crippen LogP contribution in [-0.2, 0) is 5.41 Å². The van der Waals surface area contributed by atoms with Crippen LogP contribution in [0.4, 0.5) is 0 Å². The van der Waals surface area contributed by atoms with Crippen LogP contribution in [0.5, 0.6) is 5.88 Å². The van der Waals surface area contributed by atoms with Crippen LogP contribution in [0.25, 0.3) is 5.69 Å². The van der Waals surface area contributed by atoms with Crippen LogP contribution in [0.1, 0.15) is 51.8 Å². The smallest absolute Gasteiger partial charge is 0.218 e. The highest BCUT2D eigenvalue weighted by atomic mass is 16.3. The van der Waals surface area contributed by atoms with Crippen molar-refractivity contribution in [3.63, 3.8) is 0 Å². The number of nitrogens with zero attached hydrogens (tertiary/aromatic N) is 2. The molecule has 0 atom stereocenters. The van der Waals surface area contributed by atoms with Crippen LogP contribution in [0.3, 0.4) is 0 Å². The molecular weight excluding hydrogens is 236 g/mol. The molecule has 0 saturated heterocycles. The molecule has 0 aliphatic rings. The first kappa shape index (κ1) is 13.7. The fourth-order valence-corrected chi connectivity index (χ4v) is 2.26. The van der Waals surface area contributed by atoms with Gasteiger partial charge in [0.15, 0.2) is 0 Å². The summed E-state index contributed by atoms with van der Waals surface area (Å²) >= 11 is 0. The fourth-order valence-electron chi connectivity index (χ4n) is 2.26. The van der Waals surface area contributed by atoms with Crippen LogP contribution in [0.15, 0.2) is 30.3 Å². The van der Waals surface area contributed by atoms with Gasteiger partial charge in [-0.15, -0.1) is 0 Å². The van der Waals surface area contributed by atoms with Crippen molar-refractivity contribution in [2.75, 3.05) is 0 Å². The molecule has 3 heteroatoms. The molecule has 0 bridgehead atoms. The van der Waals surface area contributed by atoms with E-state index in [-0.39, 0.29) is 17.2 Å². The van der Waals surface area contributed by atoms with E-state index < -0.39 is 0 Å². The molecule has 3 nitrogen and oxygen atoms in total. The van der Waals surface area contributed by atoms with Gasteiger partial charge in [-0.3, -0.25) is 0 Å². The third-order valence-electron chi connectivity index (χ3n) is 3.19. The number of rotatable bonds is 2. The summed E-state index contributed by atoms with van der Waals surface area (Å²) in [5.74, 6) is 0.498. The molecule has 1 aromatic heterocycles. The van der Waals surface area contributed by atoms with Crippen LogP contribution >= 0.6 is 0 Å². The van der Waals surface area contributed by atoms with E-state index in [4.69, 9.17) is 0 Å². The monoisotopic (exact) mass is 258 g/mol. The Labute approximate surface area is 114 Å². The number of aromatic hydroxyl groups is 1. The van der Waals surface area contributed by atoms with E-state index in [1.807, 2.05) is 30.3 Å². The molecule has 0 saturated carbocycles. The molecule has 0 spiro atoms. The van der Waals surface area contributed by atoms with Crippen LogP contribution < -0.4 is 0 Å². The molecule has 0 amide bonds. The van der Waals surface area contributed by atoms with Crippen molar-refractivity contribution < 1.29 is 5.11 Å². The van der Waals surface area contributed by atoms with Crippen molar-refractivity contribution in [1.82, 2.24) is 9.78 Å². The second-order valence-corrected chi connectivity index (χ2v) is 6.24. The van der Waals surface area contributed by atoms with E-state index in [1.165, 1.54) is 0 Å². The molecule has 1 aromatic carbocycles. The Morgan fingerprint density at radius 2 is 1.68 bits per heavy atom. The van der Waals surface area contributed by atoms with Crippen molar-refractivity contribution in [3.8, 4) is 11.6 Å². The second kappa shape index (κ2) is 4.72. The molecule has 1 heterocycles. The molecule has 0 radical (unpaired) electrons. The van der Waals surface area contributed by atoms with Gasteiger partial charge in [0.25, 0.3) is 0 Å². The van der Waals surface area contributed by atoms with Crippen molar-refractivity contribution >= 4 is 0 Å². The van der Waals surface area contributed by atoms with Crippen molar-refractivity contribution in [2.24, 2.45) is 0 Å². The molecule has 102 valence electrons. The van der Waals surface area contributed by atoms with Gasteiger partial charge in [-0.1, -0.05) is 52.8 Å². The molecular formula is C16H22N2O. The zero-order valence-corrected chi connectivity index (χ0v) is 12.3. The van der Waals surface area contributed by atoms with Crippen LogP contribution in [0, 0.1) is 0 Å². The average Bonchev–Trinajstić information content (AvgIpc) is 2.68. The minimum Gasteiger partial charge on any atom is -0.493 e. The summed E-state index contributed by atoms with van der Waals surface area (Å²) in [4.78, 5) is 0. The van der Waals surface area contributed by atoms with Crippen LogP contribution in [0.2, 0.25) is 0 Å². The van der Waals surface area contributed by atoms with E-state index in [0.717, 1.165) is 16.9 Å². The van der Waals surface area contributed by atoms with Gasteiger partial charge < -0.3 is 5.11 Å². The van der Waals surface area contributed by atoms with Crippen molar-refractivity contribution in [3.05, 3.63) is 41.6 Å². The minimum absolute atomic E-state index is 0.0862. The highest BCUT2D eigenvalue weighted by molar-refractivity contribution is 5.44. The normalized spacial score (nSPS) is 12.1. The van der Waals surface area contributed by atoms with Crippen LogP contribution in [-0.4, -0.2) is 14.9 Å². The first-order valence-electron chi connectivity index (χ1n) is 6.70. The molecule has 2 rings (SSSR count). The Balaban J connectivity index is 2.66. The predicted molar refractivity (Wildman–Crippen MR) is 78.0 cm³/mol. The Bertz CT molecular complexity index is 562. The van der Waals surface area contributed by atoms with Gasteiger partial charge in [0.2, 0.25) is 5.88 Å². The largest absolute Gasteiger partial charge is 0.493 e. The lowest BCUT2D eigenvalue weighted by molar-refractivity contribution is 0.425. The second-order valence-electron chi connectivity index (χ2n) is 6.24. The zero-order valence-electron chi connectivity index (χ0n) is 12.3. The van der Waals surface area contributed by atoms with Crippen molar-refractivity contribution in [1.29, 1.82) is 0 Å². The third kappa shape index (κ3) is 2.50. The quantitative estimate of drug-likeness (QED) is 0.884. The van der Waals surface area contributed by atoms with E-state index >= 15 is 0 Å². The van der Waals surface area contributed by atoms with E-state index in [0.29, 0.717) is 0 Å². The van der Waals surface area contributed by atoms with Crippen molar-refractivity contribution in [2.45, 2.75) is 46.0 Å². The number of para-hydroxylation sites is 1. The van der Waals surface area contributed by atoms with Gasteiger partial charge in [0, 0.05) is 11.0 Å². The first-order valence-corrected chi connectivity index (χ1v) is 6.70. The number of aromatic nitrogens is 2. The Morgan fingerprint density at radius 3 is 2.11 bits per heavy atom. The first-order chi connectivity index (χ1) is 8.82. The summed E-state index contributed by atoms with van der Waals surface area (Å²) in [6.07, 6.45) is 0. The molecule has 0 aliphatic heterocycles. The molecule has 2 aromatic rings. The number of benzene rings is 1. The fraction of sp³-hybridized carbons (Fsp3) is 0.438. The molecule has 0 fully saturated rings. The minimum atomic E-state index is -0.0862. The predicted octanol–water partition coefficient (Wildman–Crippen LogP) is 4.00. The molecule has 1 N–H and O–H groups in total. The average molecular weight is 258 g/mol. The summed E-state index contributed by atoms with van der Waals surface area (Å²) in [5.41, 5.74) is 2.70.